The van der Waals surface area contributed by atoms with Gasteiger partial charge in [0, 0.05) is 18.4 Å². The maximum absolute atomic E-state index is 12.6. The van der Waals surface area contributed by atoms with Crippen LogP contribution in [-0.2, 0) is 34.5 Å². The van der Waals surface area contributed by atoms with Crippen molar-refractivity contribution in [2.45, 2.75) is 31.6 Å². The average Bonchev–Trinajstić information content (AvgIpc) is 3.07. The fourth-order valence-electron chi connectivity index (χ4n) is 3.76. The molecule has 146 valence electrons. The first-order chi connectivity index (χ1) is 13.2. The topological polar surface area (TPSA) is 114 Å². The minimum Gasteiger partial charge on any atom is -0.326 e. The third-order valence-corrected chi connectivity index (χ3v) is 7.03. The van der Waals surface area contributed by atoms with Crippen LogP contribution >= 0.6 is 0 Å². The lowest BCUT2D eigenvalue weighted by Gasteiger charge is -2.11. The van der Waals surface area contributed by atoms with Crippen LogP contribution in [0.2, 0.25) is 0 Å². The molecule has 0 fully saturated rings. The van der Waals surface area contributed by atoms with Gasteiger partial charge in [0.15, 0.2) is 15.5 Å². The van der Waals surface area contributed by atoms with Crippen LogP contribution in [0.15, 0.2) is 27.9 Å². The molecule has 0 unspecified atom stereocenters. The van der Waals surface area contributed by atoms with Gasteiger partial charge in [0.1, 0.15) is 0 Å². The number of aromatic nitrogens is 3. The van der Waals surface area contributed by atoms with Gasteiger partial charge >= 0.3 is 0 Å². The highest BCUT2D eigenvalue weighted by molar-refractivity contribution is 7.91. The Morgan fingerprint density at radius 1 is 1.32 bits per heavy atom. The molecule has 4 rings (SSSR count). The zero-order chi connectivity index (χ0) is 20.2. The van der Waals surface area contributed by atoms with Crippen LogP contribution in [0.4, 0.5) is 5.69 Å². The zero-order valence-electron chi connectivity index (χ0n) is 15.8. The van der Waals surface area contributed by atoms with E-state index in [2.05, 4.69) is 15.4 Å². The number of aryl methyl sites for hydroxylation is 4. The molecule has 1 aliphatic heterocycles. The zero-order valence-corrected chi connectivity index (χ0v) is 16.6. The molecule has 28 heavy (non-hydrogen) atoms. The summed E-state index contributed by atoms with van der Waals surface area (Å²) >= 11 is 0. The number of benzene rings is 1. The summed E-state index contributed by atoms with van der Waals surface area (Å²) in [6.45, 7) is 3.60. The van der Waals surface area contributed by atoms with E-state index >= 15 is 0 Å². The monoisotopic (exact) mass is 400 g/mol. The first kappa shape index (κ1) is 18.4. The van der Waals surface area contributed by atoms with Gasteiger partial charge in [-0.05, 0) is 49.1 Å². The first-order valence-electron chi connectivity index (χ1n) is 8.87. The molecule has 1 aliphatic rings. The molecule has 0 aliphatic carbocycles. The van der Waals surface area contributed by atoms with E-state index in [-0.39, 0.29) is 28.5 Å². The van der Waals surface area contributed by atoms with Crippen LogP contribution in [0.1, 0.15) is 22.4 Å². The fraction of sp³-hybridized carbons (Fsp3) is 0.316. The second-order valence-electron chi connectivity index (χ2n) is 7.12. The molecule has 3 aromatic rings. The van der Waals surface area contributed by atoms with E-state index in [0.717, 1.165) is 11.1 Å². The van der Waals surface area contributed by atoms with Gasteiger partial charge in [-0.1, -0.05) is 6.07 Å². The highest BCUT2D eigenvalue weighted by Gasteiger charge is 2.26. The van der Waals surface area contributed by atoms with Crippen LogP contribution in [0.5, 0.6) is 0 Å². The third kappa shape index (κ3) is 2.91. The van der Waals surface area contributed by atoms with E-state index in [1.165, 1.54) is 6.07 Å². The van der Waals surface area contributed by atoms with Gasteiger partial charge < -0.3 is 5.32 Å². The Hall–Kier alpha value is -2.94. The fourth-order valence-corrected chi connectivity index (χ4v) is 5.34. The Labute approximate surface area is 161 Å². The molecule has 0 saturated carbocycles. The van der Waals surface area contributed by atoms with E-state index < -0.39 is 9.84 Å². The number of H-pyrrole nitrogens is 1. The van der Waals surface area contributed by atoms with Gasteiger partial charge in [0.2, 0.25) is 5.91 Å². The number of rotatable bonds is 3. The van der Waals surface area contributed by atoms with Crippen LogP contribution in [-0.4, -0.2) is 34.8 Å². The molecule has 9 heteroatoms. The molecule has 2 N–H and O–H groups in total. The summed E-state index contributed by atoms with van der Waals surface area (Å²) in [6, 6.07) is 4.96. The number of fused-ring (bicyclic) bond motifs is 2. The standard InChI is InChI=1S/C19H20N4O4S/c1-10-14(11(2)20-18-17(10)19(25)22-23(18)3)9-16(24)21-13-5-4-12-6-7-28(26,27)15(12)8-13/h4-5,8H,6-7,9H2,1-3H3,(H,21,24)(H,22,25). The van der Waals surface area contributed by atoms with E-state index in [4.69, 9.17) is 0 Å². The highest BCUT2D eigenvalue weighted by atomic mass is 32.2. The molecule has 0 spiro atoms. The van der Waals surface area contributed by atoms with Crippen molar-refractivity contribution in [3.8, 4) is 0 Å². The largest absolute Gasteiger partial charge is 0.326 e. The number of anilines is 1. The summed E-state index contributed by atoms with van der Waals surface area (Å²) in [6.07, 6.45) is 0.542. The minimum atomic E-state index is -3.26. The quantitative estimate of drug-likeness (QED) is 0.690. The van der Waals surface area contributed by atoms with Crippen LogP contribution in [0.25, 0.3) is 11.0 Å². The molecule has 0 bridgehead atoms. The van der Waals surface area contributed by atoms with Crippen molar-refractivity contribution in [1.82, 2.24) is 14.8 Å². The molecular weight excluding hydrogens is 380 g/mol. The maximum Gasteiger partial charge on any atom is 0.273 e. The second kappa shape index (κ2) is 6.30. The number of carbonyl (C=O) groups is 1. The van der Waals surface area contributed by atoms with Crippen molar-refractivity contribution < 1.29 is 13.2 Å². The summed E-state index contributed by atoms with van der Waals surface area (Å²) in [5.41, 5.74) is 3.61. The summed E-state index contributed by atoms with van der Waals surface area (Å²) < 4.78 is 25.7. The Morgan fingerprint density at radius 2 is 2.07 bits per heavy atom. The van der Waals surface area contributed by atoms with Crippen LogP contribution in [0, 0.1) is 13.8 Å². The highest BCUT2D eigenvalue weighted by Crippen LogP contribution is 2.28. The molecule has 1 amide bonds. The molecule has 0 saturated heterocycles. The van der Waals surface area contributed by atoms with Crippen molar-refractivity contribution >= 4 is 32.5 Å². The summed E-state index contributed by atoms with van der Waals surface area (Å²) in [5.74, 6) is -0.190. The van der Waals surface area contributed by atoms with Crippen molar-refractivity contribution in [3.05, 3.63) is 50.9 Å². The molecule has 0 atom stereocenters. The van der Waals surface area contributed by atoms with E-state index in [9.17, 15) is 18.0 Å². The molecule has 2 aromatic heterocycles. The number of carbonyl (C=O) groups excluding carboxylic acids is 1. The van der Waals surface area contributed by atoms with Crippen molar-refractivity contribution in [2.24, 2.45) is 7.05 Å². The SMILES string of the molecule is Cc1nc2c(c(C)c1CC(=O)Nc1ccc3c(c1)S(=O)(=O)CC3)c(=O)[nH]n2C. The Balaban J connectivity index is 1.63. The predicted octanol–water partition coefficient (Wildman–Crippen LogP) is 1.39. The third-order valence-electron chi connectivity index (χ3n) is 5.24. The van der Waals surface area contributed by atoms with Crippen molar-refractivity contribution in [1.29, 1.82) is 0 Å². The summed E-state index contributed by atoms with van der Waals surface area (Å²) in [5, 5.41) is 5.91. The van der Waals surface area contributed by atoms with E-state index in [1.54, 1.807) is 37.7 Å². The Kier molecular flexibility index (Phi) is 4.15. The van der Waals surface area contributed by atoms with E-state index in [0.29, 0.717) is 34.4 Å². The van der Waals surface area contributed by atoms with E-state index in [1.807, 2.05) is 0 Å². The van der Waals surface area contributed by atoms with Crippen LogP contribution < -0.4 is 10.9 Å². The Bertz CT molecular complexity index is 1300. The van der Waals surface area contributed by atoms with Gasteiger partial charge in [-0.15, -0.1) is 0 Å². The number of pyridine rings is 1. The molecule has 1 aromatic carbocycles. The number of sulfone groups is 1. The average molecular weight is 400 g/mol. The first-order valence-corrected chi connectivity index (χ1v) is 10.5. The maximum atomic E-state index is 12.6. The number of hydrogen-bond donors (Lipinski definition) is 2. The lowest BCUT2D eigenvalue weighted by atomic mass is 10.0. The normalized spacial score (nSPS) is 15.0. The number of amides is 1. The van der Waals surface area contributed by atoms with Crippen LogP contribution in [0.3, 0.4) is 0 Å². The smallest absolute Gasteiger partial charge is 0.273 e. The molecule has 0 radical (unpaired) electrons. The van der Waals surface area contributed by atoms with Gasteiger partial charge in [-0.3, -0.25) is 19.4 Å². The number of nitrogens with one attached hydrogen (secondary N) is 2. The number of hydrogen-bond acceptors (Lipinski definition) is 5. The second-order valence-corrected chi connectivity index (χ2v) is 9.19. The van der Waals surface area contributed by atoms with Gasteiger partial charge in [0.05, 0.1) is 22.5 Å². The number of nitrogens with zero attached hydrogens (tertiary/aromatic N) is 2. The number of aromatic amines is 1. The Morgan fingerprint density at radius 3 is 2.82 bits per heavy atom. The predicted molar refractivity (Wildman–Crippen MR) is 105 cm³/mol. The molecule has 3 heterocycles. The lowest BCUT2D eigenvalue weighted by molar-refractivity contribution is -0.115. The summed E-state index contributed by atoms with van der Waals surface area (Å²) in [7, 11) is -1.55. The van der Waals surface area contributed by atoms with Gasteiger partial charge in [-0.2, -0.15) is 0 Å². The van der Waals surface area contributed by atoms with Crippen molar-refractivity contribution in [3.63, 3.8) is 0 Å². The van der Waals surface area contributed by atoms with Gasteiger partial charge in [-0.25, -0.2) is 13.4 Å². The molecular formula is C19H20N4O4S. The summed E-state index contributed by atoms with van der Waals surface area (Å²) in [4.78, 5) is 29.5. The van der Waals surface area contributed by atoms with Crippen molar-refractivity contribution in [2.75, 3.05) is 11.1 Å². The molecule has 8 nitrogen and oxygen atoms in total. The van der Waals surface area contributed by atoms with Gasteiger partial charge in [0.25, 0.3) is 5.56 Å². The lowest BCUT2D eigenvalue weighted by Crippen LogP contribution is -2.17. The minimum absolute atomic E-state index is 0.0405.